The fraction of sp³-hybridized carbons (Fsp3) is 0.240. The van der Waals surface area contributed by atoms with E-state index in [4.69, 9.17) is 0 Å². The first-order chi connectivity index (χ1) is 14.4. The molecule has 5 rings (SSSR count). The van der Waals surface area contributed by atoms with Crippen molar-refractivity contribution in [2.45, 2.75) is 19.9 Å². The molecular formula is C25H24FN3O. The van der Waals surface area contributed by atoms with Crippen molar-refractivity contribution >= 4 is 10.9 Å². The Bertz CT molecular complexity index is 1350. The van der Waals surface area contributed by atoms with E-state index in [2.05, 4.69) is 35.7 Å². The first-order valence-electron chi connectivity index (χ1n) is 10.2. The van der Waals surface area contributed by atoms with Crippen molar-refractivity contribution in [2.75, 3.05) is 13.6 Å². The van der Waals surface area contributed by atoms with E-state index < -0.39 is 0 Å². The van der Waals surface area contributed by atoms with Crippen molar-refractivity contribution in [3.63, 3.8) is 0 Å². The predicted molar refractivity (Wildman–Crippen MR) is 119 cm³/mol. The summed E-state index contributed by atoms with van der Waals surface area (Å²) in [6.07, 6.45) is 2.77. The van der Waals surface area contributed by atoms with Gasteiger partial charge in [0, 0.05) is 49.0 Å². The number of aryl methyl sites for hydroxylation is 2. The molecule has 0 unspecified atom stereocenters. The minimum atomic E-state index is -0.312. The van der Waals surface area contributed by atoms with Gasteiger partial charge in [0.05, 0.1) is 11.2 Å². The number of hydrogen-bond acceptors (Lipinski definition) is 2. The molecule has 4 aromatic rings. The Morgan fingerprint density at radius 3 is 2.60 bits per heavy atom. The van der Waals surface area contributed by atoms with Crippen LogP contribution in [0, 0.1) is 12.7 Å². The molecule has 0 fully saturated rings. The molecule has 0 radical (unpaired) electrons. The summed E-state index contributed by atoms with van der Waals surface area (Å²) in [5.41, 5.74) is 6.41. The molecule has 0 atom stereocenters. The van der Waals surface area contributed by atoms with Crippen LogP contribution in [-0.2, 0) is 20.0 Å². The molecular weight excluding hydrogens is 377 g/mol. The Hall–Kier alpha value is -3.18. The van der Waals surface area contributed by atoms with Crippen LogP contribution in [0.1, 0.15) is 16.8 Å². The van der Waals surface area contributed by atoms with Crippen LogP contribution in [0.15, 0.2) is 59.5 Å². The van der Waals surface area contributed by atoms with Gasteiger partial charge >= 0.3 is 0 Å². The molecule has 30 heavy (non-hydrogen) atoms. The highest BCUT2D eigenvalue weighted by Crippen LogP contribution is 2.31. The number of benzene rings is 2. The molecule has 0 spiro atoms. The number of rotatable bonds is 2. The average Bonchev–Trinajstić information content (AvgIpc) is 2.99. The molecule has 0 bridgehead atoms. The number of nitrogens with zero attached hydrogens (tertiary/aromatic N) is 3. The van der Waals surface area contributed by atoms with Gasteiger partial charge in [-0.05, 0) is 61.3 Å². The van der Waals surface area contributed by atoms with Gasteiger partial charge in [0.15, 0.2) is 0 Å². The highest BCUT2D eigenvalue weighted by atomic mass is 19.1. The Labute approximate surface area is 174 Å². The smallest absolute Gasteiger partial charge is 0.255 e. The lowest BCUT2D eigenvalue weighted by atomic mass is 10.0. The first-order valence-corrected chi connectivity index (χ1v) is 10.2. The molecule has 0 N–H and O–H groups in total. The highest BCUT2D eigenvalue weighted by Gasteiger charge is 2.21. The fourth-order valence-electron chi connectivity index (χ4n) is 4.54. The van der Waals surface area contributed by atoms with Gasteiger partial charge in [-0.25, -0.2) is 4.39 Å². The van der Waals surface area contributed by atoms with Gasteiger partial charge in [-0.1, -0.05) is 18.2 Å². The van der Waals surface area contributed by atoms with Crippen molar-refractivity contribution in [2.24, 2.45) is 7.05 Å². The van der Waals surface area contributed by atoms with Crippen molar-refractivity contribution in [1.29, 1.82) is 0 Å². The van der Waals surface area contributed by atoms with Gasteiger partial charge < -0.3 is 9.47 Å². The molecule has 0 amide bonds. The molecule has 152 valence electrons. The molecule has 5 heteroatoms. The van der Waals surface area contributed by atoms with Crippen LogP contribution >= 0.6 is 0 Å². The van der Waals surface area contributed by atoms with Gasteiger partial charge in [0.2, 0.25) is 0 Å². The molecule has 1 aliphatic heterocycles. The zero-order valence-electron chi connectivity index (χ0n) is 17.4. The summed E-state index contributed by atoms with van der Waals surface area (Å²) in [6, 6.07) is 14.6. The van der Waals surface area contributed by atoms with E-state index >= 15 is 0 Å². The average molecular weight is 401 g/mol. The maximum atomic E-state index is 14.3. The quantitative estimate of drug-likeness (QED) is 0.497. The number of fused-ring (bicyclic) bond motifs is 3. The summed E-state index contributed by atoms with van der Waals surface area (Å²) < 4.78 is 18.2. The molecule has 0 saturated carbocycles. The van der Waals surface area contributed by atoms with Crippen LogP contribution < -0.4 is 5.56 Å². The first kappa shape index (κ1) is 18.8. The largest absolute Gasteiger partial charge is 0.346 e. The lowest BCUT2D eigenvalue weighted by molar-refractivity contribution is 0.305. The lowest BCUT2D eigenvalue weighted by Crippen LogP contribution is -2.27. The molecule has 0 saturated heterocycles. The van der Waals surface area contributed by atoms with Crippen LogP contribution in [-0.4, -0.2) is 27.6 Å². The van der Waals surface area contributed by atoms with Crippen molar-refractivity contribution in [1.82, 2.24) is 14.0 Å². The Morgan fingerprint density at radius 2 is 1.83 bits per heavy atom. The monoisotopic (exact) mass is 401 g/mol. The summed E-state index contributed by atoms with van der Waals surface area (Å²) >= 11 is 0. The third kappa shape index (κ3) is 2.97. The highest BCUT2D eigenvalue weighted by molar-refractivity contribution is 5.87. The number of likely N-dealkylation sites (N-methyl/N-ethyl adjacent to an activating group) is 1. The topological polar surface area (TPSA) is 30.2 Å². The SMILES string of the molecule is Cc1ccc(-c2ccn(-c3ccc4c5c(n(C)c4c3)CN(C)CC5)c(=O)c2)c(F)c1. The van der Waals surface area contributed by atoms with E-state index in [1.807, 2.05) is 19.1 Å². The molecule has 3 heterocycles. The normalized spacial score (nSPS) is 14.3. The Kier molecular flexibility index (Phi) is 4.36. The van der Waals surface area contributed by atoms with E-state index in [0.717, 1.165) is 36.3 Å². The van der Waals surface area contributed by atoms with E-state index in [1.165, 1.54) is 28.8 Å². The Balaban J connectivity index is 1.59. The van der Waals surface area contributed by atoms with Gasteiger partial charge in [0.25, 0.3) is 5.56 Å². The third-order valence-electron chi connectivity index (χ3n) is 6.22. The molecule has 2 aromatic heterocycles. The van der Waals surface area contributed by atoms with E-state index in [9.17, 15) is 9.18 Å². The number of pyridine rings is 1. The number of aromatic nitrogens is 2. The summed E-state index contributed by atoms with van der Waals surface area (Å²) in [6.45, 7) is 3.84. The molecule has 4 nitrogen and oxygen atoms in total. The van der Waals surface area contributed by atoms with E-state index in [1.54, 1.807) is 22.9 Å². The fourth-order valence-corrected chi connectivity index (χ4v) is 4.54. The summed E-state index contributed by atoms with van der Waals surface area (Å²) in [7, 11) is 4.24. The zero-order valence-corrected chi connectivity index (χ0v) is 17.4. The maximum absolute atomic E-state index is 14.3. The minimum absolute atomic E-state index is 0.175. The third-order valence-corrected chi connectivity index (χ3v) is 6.22. The predicted octanol–water partition coefficient (Wildman–Crippen LogP) is 4.43. The molecule has 0 aliphatic carbocycles. The summed E-state index contributed by atoms with van der Waals surface area (Å²) in [5.74, 6) is -0.312. The van der Waals surface area contributed by atoms with E-state index in [-0.39, 0.29) is 11.4 Å². The van der Waals surface area contributed by atoms with Crippen LogP contribution in [0.5, 0.6) is 0 Å². The molecule has 2 aromatic carbocycles. The minimum Gasteiger partial charge on any atom is -0.346 e. The second-order valence-corrected chi connectivity index (χ2v) is 8.28. The summed E-state index contributed by atoms with van der Waals surface area (Å²) in [4.78, 5) is 15.2. The van der Waals surface area contributed by atoms with Crippen molar-refractivity contribution in [3.8, 4) is 16.8 Å². The van der Waals surface area contributed by atoms with Crippen LogP contribution in [0.3, 0.4) is 0 Å². The maximum Gasteiger partial charge on any atom is 0.255 e. The van der Waals surface area contributed by atoms with Gasteiger partial charge in [0.1, 0.15) is 5.82 Å². The number of hydrogen-bond donors (Lipinski definition) is 0. The van der Waals surface area contributed by atoms with E-state index in [0.29, 0.717) is 11.1 Å². The van der Waals surface area contributed by atoms with Crippen molar-refractivity contribution < 1.29 is 4.39 Å². The molecule has 1 aliphatic rings. The van der Waals surface area contributed by atoms with Crippen molar-refractivity contribution in [3.05, 3.63) is 87.7 Å². The zero-order chi connectivity index (χ0) is 21.0. The van der Waals surface area contributed by atoms with Crippen LogP contribution in [0.25, 0.3) is 27.7 Å². The second-order valence-electron chi connectivity index (χ2n) is 8.28. The van der Waals surface area contributed by atoms with Gasteiger partial charge in [-0.15, -0.1) is 0 Å². The standard InChI is InChI=1S/C25H24FN3O/c1-16-4-6-19(22(26)12-16)17-8-11-29(25(30)13-17)18-5-7-20-21-9-10-27(2)15-24(21)28(3)23(20)14-18/h4-8,11-14H,9-10,15H2,1-3H3. The number of halogens is 1. The van der Waals surface area contributed by atoms with Crippen LogP contribution in [0.4, 0.5) is 4.39 Å². The van der Waals surface area contributed by atoms with Gasteiger partial charge in [-0.3, -0.25) is 9.36 Å². The summed E-state index contributed by atoms with van der Waals surface area (Å²) in [5, 5.41) is 1.26. The van der Waals surface area contributed by atoms with Crippen LogP contribution in [0.2, 0.25) is 0 Å². The lowest BCUT2D eigenvalue weighted by Gasteiger charge is -2.23. The van der Waals surface area contributed by atoms with Gasteiger partial charge in [-0.2, -0.15) is 0 Å². The Morgan fingerprint density at radius 1 is 1.00 bits per heavy atom. The second kappa shape index (κ2) is 6.96.